The molecule has 1 aromatic carbocycles. The summed E-state index contributed by atoms with van der Waals surface area (Å²) in [6, 6.07) is 12.7. The summed E-state index contributed by atoms with van der Waals surface area (Å²) < 4.78 is 1.98. The molecule has 4 nitrogen and oxygen atoms in total. The molecule has 2 aromatic heterocycles. The van der Waals surface area contributed by atoms with Gasteiger partial charge in [-0.15, -0.1) is 0 Å². The minimum absolute atomic E-state index is 0.119. The Bertz CT molecular complexity index is 1240. The third-order valence-electron chi connectivity index (χ3n) is 7.02. The molecule has 0 bridgehead atoms. The summed E-state index contributed by atoms with van der Waals surface area (Å²) in [6.45, 7) is 4.31. The largest absolute Gasteiger partial charge is 0.283 e. The van der Waals surface area contributed by atoms with Crippen LogP contribution in [-0.4, -0.2) is 20.7 Å². The van der Waals surface area contributed by atoms with E-state index >= 15 is 0 Å². The van der Waals surface area contributed by atoms with E-state index in [1.165, 1.54) is 40.4 Å². The lowest BCUT2D eigenvalue weighted by Gasteiger charge is -2.23. The number of hydrogen-bond acceptors (Lipinski definition) is 4. The number of carbonyl (C=O) groups excluding carboxylic acids is 1. The van der Waals surface area contributed by atoms with Gasteiger partial charge >= 0.3 is 0 Å². The van der Waals surface area contributed by atoms with E-state index in [0.29, 0.717) is 22.9 Å². The summed E-state index contributed by atoms with van der Waals surface area (Å²) in [7, 11) is 0. The van der Waals surface area contributed by atoms with Crippen molar-refractivity contribution in [3.8, 4) is 6.07 Å². The molecule has 5 heteroatoms. The molecule has 0 aliphatic heterocycles. The van der Waals surface area contributed by atoms with Crippen LogP contribution in [-0.2, 0) is 25.7 Å². The van der Waals surface area contributed by atoms with Crippen LogP contribution in [0.5, 0.6) is 0 Å². The van der Waals surface area contributed by atoms with Crippen molar-refractivity contribution in [2.24, 2.45) is 5.92 Å². The molecule has 164 valence electrons. The van der Waals surface area contributed by atoms with Crippen LogP contribution < -0.4 is 0 Å². The fourth-order valence-corrected chi connectivity index (χ4v) is 6.37. The van der Waals surface area contributed by atoms with Gasteiger partial charge in [-0.3, -0.25) is 9.36 Å². The second kappa shape index (κ2) is 8.75. The van der Waals surface area contributed by atoms with Crippen molar-refractivity contribution in [3.05, 3.63) is 58.4 Å². The highest BCUT2D eigenvalue weighted by molar-refractivity contribution is 8.00. The number of carbonyl (C=O) groups is 1. The van der Waals surface area contributed by atoms with Crippen LogP contribution in [0.4, 0.5) is 0 Å². The van der Waals surface area contributed by atoms with Gasteiger partial charge in [0, 0.05) is 16.8 Å². The molecule has 0 fully saturated rings. The maximum atomic E-state index is 13.9. The number of rotatable bonds is 4. The molecule has 2 unspecified atom stereocenters. The van der Waals surface area contributed by atoms with E-state index in [1.807, 2.05) is 16.7 Å². The number of fused-ring (bicyclic) bond motifs is 4. The molecular formula is C27H29N3OS. The van der Waals surface area contributed by atoms with Crippen molar-refractivity contribution in [2.45, 2.75) is 75.5 Å². The maximum absolute atomic E-state index is 13.9. The van der Waals surface area contributed by atoms with Crippen molar-refractivity contribution >= 4 is 28.6 Å². The van der Waals surface area contributed by atoms with E-state index < -0.39 is 0 Å². The highest BCUT2D eigenvalue weighted by Gasteiger charge is 2.29. The molecule has 3 aromatic rings. The first kappa shape index (κ1) is 21.3. The molecule has 2 atom stereocenters. The lowest BCUT2D eigenvalue weighted by molar-refractivity contribution is 0.0910. The normalized spacial score (nSPS) is 18.6. The molecular weight excluding hydrogens is 414 g/mol. The number of para-hydroxylation sites is 1. The molecule has 32 heavy (non-hydrogen) atoms. The Labute approximate surface area is 194 Å². The van der Waals surface area contributed by atoms with Crippen molar-refractivity contribution < 1.29 is 4.79 Å². The molecule has 2 heterocycles. The second-order valence-electron chi connectivity index (χ2n) is 9.24. The van der Waals surface area contributed by atoms with E-state index in [4.69, 9.17) is 4.98 Å². The average Bonchev–Trinajstić information content (AvgIpc) is 3.16. The Morgan fingerprint density at radius 2 is 2.09 bits per heavy atom. The molecule has 2 aliphatic rings. The van der Waals surface area contributed by atoms with Gasteiger partial charge in [0.2, 0.25) is 5.91 Å². The van der Waals surface area contributed by atoms with Gasteiger partial charge in [-0.2, -0.15) is 5.26 Å². The van der Waals surface area contributed by atoms with Gasteiger partial charge in [0.05, 0.1) is 16.3 Å². The highest BCUT2D eigenvalue weighted by Crippen LogP contribution is 2.36. The minimum Gasteiger partial charge on any atom is -0.283 e. The first-order valence-electron chi connectivity index (χ1n) is 11.9. The van der Waals surface area contributed by atoms with Crippen molar-refractivity contribution in [1.82, 2.24) is 9.55 Å². The zero-order valence-electron chi connectivity index (χ0n) is 18.9. The molecule has 5 rings (SSSR count). The van der Waals surface area contributed by atoms with Crippen LogP contribution in [0, 0.1) is 17.2 Å². The lowest BCUT2D eigenvalue weighted by atomic mass is 9.87. The van der Waals surface area contributed by atoms with Gasteiger partial charge in [-0.25, -0.2) is 4.98 Å². The standard InChI is InChI=1S/C27H29N3OS/c1-3-25(32-26-19(16-28)15-18-14-17(2)12-13-22(18)29-26)27(31)30-23-10-6-4-8-20(23)21-9-5-7-11-24(21)30/h4,6,8,10,15,17,25H,3,5,7,9,11-14H2,1-2H3. The number of hydrogen-bond donors (Lipinski definition) is 0. The number of nitriles is 1. The van der Waals surface area contributed by atoms with E-state index in [-0.39, 0.29) is 11.2 Å². The average molecular weight is 444 g/mol. The Morgan fingerprint density at radius 1 is 1.28 bits per heavy atom. The van der Waals surface area contributed by atoms with Gasteiger partial charge in [0.25, 0.3) is 0 Å². The Morgan fingerprint density at radius 3 is 2.91 bits per heavy atom. The monoisotopic (exact) mass is 443 g/mol. The number of benzene rings is 1. The summed E-state index contributed by atoms with van der Waals surface area (Å²) in [5.41, 5.74) is 6.48. The van der Waals surface area contributed by atoms with Crippen LogP contribution in [0.15, 0.2) is 35.4 Å². The van der Waals surface area contributed by atoms with Crippen molar-refractivity contribution in [2.75, 3.05) is 0 Å². The van der Waals surface area contributed by atoms with Gasteiger partial charge in [0.1, 0.15) is 11.1 Å². The van der Waals surface area contributed by atoms with Crippen LogP contribution in [0.3, 0.4) is 0 Å². The molecule has 0 saturated heterocycles. The second-order valence-corrected chi connectivity index (χ2v) is 10.4. The Kier molecular flexibility index (Phi) is 5.82. The fourth-order valence-electron chi connectivity index (χ4n) is 5.33. The third-order valence-corrected chi connectivity index (χ3v) is 8.37. The van der Waals surface area contributed by atoms with Crippen LogP contribution in [0.1, 0.15) is 72.4 Å². The summed E-state index contributed by atoms with van der Waals surface area (Å²) >= 11 is 1.48. The zero-order chi connectivity index (χ0) is 22.2. The lowest BCUT2D eigenvalue weighted by Crippen LogP contribution is -2.26. The molecule has 0 saturated carbocycles. The quantitative estimate of drug-likeness (QED) is 0.456. The van der Waals surface area contributed by atoms with E-state index in [0.717, 1.165) is 49.7 Å². The predicted molar refractivity (Wildman–Crippen MR) is 129 cm³/mol. The van der Waals surface area contributed by atoms with E-state index in [2.05, 4.69) is 38.1 Å². The molecule has 0 N–H and O–H groups in total. The van der Waals surface area contributed by atoms with E-state index in [1.54, 1.807) is 0 Å². The summed E-state index contributed by atoms with van der Waals surface area (Å²) in [6.07, 6.45) is 8.09. The summed E-state index contributed by atoms with van der Waals surface area (Å²) in [5.74, 6) is 0.751. The highest BCUT2D eigenvalue weighted by atomic mass is 32.2. The van der Waals surface area contributed by atoms with Crippen molar-refractivity contribution in [3.63, 3.8) is 0 Å². The van der Waals surface area contributed by atoms with E-state index in [9.17, 15) is 10.1 Å². The predicted octanol–water partition coefficient (Wildman–Crippen LogP) is 6.12. The first-order chi connectivity index (χ1) is 15.6. The number of aryl methyl sites for hydroxylation is 2. The molecule has 2 aliphatic carbocycles. The topological polar surface area (TPSA) is 58.7 Å². The maximum Gasteiger partial charge on any atom is 0.244 e. The number of nitrogens with zero attached hydrogens (tertiary/aromatic N) is 3. The molecule has 0 amide bonds. The van der Waals surface area contributed by atoms with Crippen LogP contribution >= 0.6 is 11.8 Å². The minimum atomic E-state index is -0.267. The number of pyridine rings is 1. The fraction of sp³-hybridized carbons (Fsp3) is 0.444. The van der Waals surface area contributed by atoms with Crippen LogP contribution in [0.25, 0.3) is 10.9 Å². The molecule has 0 radical (unpaired) electrons. The Hall–Kier alpha value is -2.58. The summed E-state index contributed by atoms with van der Waals surface area (Å²) in [4.78, 5) is 18.8. The van der Waals surface area contributed by atoms with Gasteiger partial charge in [-0.05, 0) is 80.5 Å². The van der Waals surface area contributed by atoms with Gasteiger partial charge < -0.3 is 0 Å². The molecule has 0 spiro atoms. The number of thioether (sulfide) groups is 1. The van der Waals surface area contributed by atoms with Crippen LogP contribution in [0.2, 0.25) is 0 Å². The third kappa shape index (κ3) is 3.65. The number of aromatic nitrogens is 2. The van der Waals surface area contributed by atoms with Crippen molar-refractivity contribution in [1.29, 1.82) is 5.26 Å². The van der Waals surface area contributed by atoms with Gasteiger partial charge in [0.15, 0.2) is 0 Å². The first-order valence-corrected chi connectivity index (χ1v) is 12.7. The SMILES string of the molecule is CCC(Sc1nc2c(cc1C#N)CC(C)CC2)C(=O)n1c2c(c3ccccc31)CCCC2. The Balaban J connectivity index is 1.52. The summed E-state index contributed by atoms with van der Waals surface area (Å²) in [5, 5.41) is 11.5. The zero-order valence-corrected chi connectivity index (χ0v) is 19.7. The van der Waals surface area contributed by atoms with Gasteiger partial charge in [-0.1, -0.05) is 43.8 Å². The smallest absolute Gasteiger partial charge is 0.244 e.